The van der Waals surface area contributed by atoms with E-state index in [1.165, 1.54) is 6.92 Å². The fourth-order valence-electron chi connectivity index (χ4n) is 2.52. The molecular weight excluding hydrogens is 258 g/mol. The lowest BCUT2D eigenvalue weighted by Crippen LogP contribution is -2.16. The molecule has 5 nitrogen and oxygen atoms in total. The smallest absolute Gasteiger partial charge is 0.309 e. The first-order valence-corrected chi connectivity index (χ1v) is 6.72. The number of Topliss-reactive ketones (excluding diaryl/α,β-unsaturated/α-hetero) is 2. The zero-order valence-electron chi connectivity index (χ0n) is 12.2. The van der Waals surface area contributed by atoms with E-state index in [-0.39, 0.29) is 30.1 Å². The Morgan fingerprint density at radius 1 is 1.30 bits per heavy atom. The van der Waals surface area contributed by atoms with Gasteiger partial charge in [0.25, 0.3) is 0 Å². The van der Waals surface area contributed by atoms with Gasteiger partial charge >= 0.3 is 5.97 Å². The Morgan fingerprint density at radius 3 is 2.35 bits per heavy atom. The van der Waals surface area contributed by atoms with Crippen LogP contribution >= 0.6 is 0 Å². The predicted octanol–water partition coefficient (Wildman–Crippen LogP) is 2.22. The third kappa shape index (κ3) is 2.66. The maximum atomic E-state index is 12.1. The zero-order valence-corrected chi connectivity index (χ0v) is 12.2. The van der Waals surface area contributed by atoms with Gasteiger partial charge in [-0.3, -0.25) is 14.4 Å². The summed E-state index contributed by atoms with van der Waals surface area (Å²) in [6.07, 6.45) is 0.835. The van der Waals surface area contributed by atoms with Gasteiger partial charge in [0.05, 0.1) is 11.6 Å². The molecule has 0 spiro atoms. The Bertz CT molecular complexity index is 585. The molecule has 0 radical (unpaired) electrons. The van der Waals surface area contributed by atoms with Gasteiger partial charge in [0, 0.05) is 11.3 Å². The van der Waals surface area contributed by atoms with E-state index >= 15 is 0 Å². The molecule has 5 heteroatoms. The third-order valence-corrected chi connectivity index (χ3v) is 3.83. The van der Waals surface area contributed by atoms with E-state index < -0.39 is 0 Å². The summed E-state index contributed by atoms with van der Waals surface area (Å²) in [6.45, 7) is 6.63. The molecule has 1 aliphatic carbocycles. The molecular formula is C15H19NO4. The van der Waals surface area contributed by atoms with Gasteiger partial charge in [0.2, 0.25) is 5.78 Å². The van der Waals surface area contributed by atoms with Crippen molar-refractivity contribution in [1.82, 2.24) is 4.98 Å². The number of rotatable bonds is 5. The monoisotopic (exact) mass is 277 g/mol. The van der Waals surface area contributed by atoms with Crippen LogP contribution in [-0.4, -0.2) is 29.1 Å². The van der Waals surface area contributed by atoms with Gasteiger partial charge in [-0.05, 0) is 38.7 Å². The Balaban J connectivity index is 2.04. The molecule has 1 fully saturated rings. The topological polar surface area (TPSA) is 76.2 Å². The summed E-state index contributed by atoms with van der Waals surface area (Å²) in [5.41, 5.74) is 2.18. The van der Waals surface area contributed by atoms with Crippen LogP contribution in [0.5, 0.6) is 0 Å². The molecule has 0 saturated heterocycles. The number of ether oxygens (including phenoxy) is 1. The Labute approximate surface area is 117 Å². The Morgan fingerprint density at radius 2 is 1.90 bits per heavy atom. The van der Waals surface area contributed by atoms with Crippen molar-refractivity contribution in [1.29, 1.82) is 0 Å². The number of ketones is 2. The maximum Gasteiger partial charge on any atom is 0.309 e. The van der Waals surface area contributed by atoms with Crippen molar-refractivity contribution in [3.05, 3.63) is 22.5 Å². The molecule has 1 aromatic heterocycles. The van der Waals surface area contributed by atoms with Crippen LogP contribution in [0, 0.1) is 25.7 Å². The number of hydrogen-bond donors (Lipinski definition) is 1. The minimum atomic E-state index is -0.307. The summed E-state index contributed by atoms with van der Waals surface area (Å²) in [7, 11) is 0. The average molecular weight is 277 g/mol. The van der Waals surface area contributed by atoms with E-state index in [1.807, 2.05) is 6.92 Å². The van der Waals surface area contributed by atoms with Crippen molar-refractivity contribution in [2.24, 2.45) is 11.8 Å². The lowest BCUT2D eigenvalue weighted by Gasteiger charge is -2.03. The number of carbonyl (C=O) groups is 3. The van der Waals surface area contributed by atoms with Crippen molar-refractivity contribution in [2.75, 3.05) is 6.61 Å². The van der Waals surface area contributed by atoms with Crippen molar-refractivity contribution < 1.29 is 19.1 Å². The number of aryl methyl sites for hydroxylation is 1. The molecule has 2 atom stereocenters. The van der Waals surface area contributed by atoms with E-state index in [9.17, 15) is 14.4 Å². The van der Waals surface area contributed by atoms with E-state index in [4.69, 9.17) is 4.74 Å². The summed E-state index contributed by atoms with van der Waals surface area (Å²) in [5.74, 6) is -0.393. The second-order valence-corrected chi connectivity index (χ2v) is 5.53. The zero-order chi connectivity index (χ0) is 15.0. The van der Waals surface area contributed by atoms with Crippen molar-refractivity contribution in [3.8, 4) is 0 Å². The first-order valence-electron chi connectivity index (χ1n) is 6.72. The lowest BCUT2D eigenvalue weighted by atomic mass is 10.1. The highest BCUT2D eigenvalue weighted by Crippen LogP contribution is 2.38. The number of esters is 1. The van der Waals surface area contributed by atoms with Crippen LogP contribution in [0.25, 0.3) is 0 Å². The average Bonchev–Trinajstić information content (AvgIpc) is 3.01. The molecule has 1 heterocycles. The number of H-pyrrole nitrogens is 1. The summed E-state index contributed by atoms with van der Waals surface area (Å²) in [5, 5.41) is 0. The second-order valence-electron chi connectivity index (χ2n) is 5.53. The number of nitrogens with one attached hydrogen (secondary N) is 1. The summed E-state index contributed by atoms with van der Waals surface area (Å²) in [4.78, 5) is 38.1. The van der Waals surface area contributed by atoms with Gasteiger partial charge < -0.3 is 9.72 Å². The molecule has 2 rings (SSSR count). The lowest BCUT2D eigenvalue weighted by molar-refractivity contribution is -0.144. The summed E-state index contributed by atoms with van der Waals surface area (Å²) < 4.78 is 5.02. The highest BCUT2D eigenvalue weighted by atomic mass is 16.5. The molecule has 20 heavy (non-hydrogen) atoms. The molecule has 1 N–H and O–H groups in total. The normalized spacial score (nSPS) is 20.6. The van der Waals surface area contributed by atoms with Gasteiger partial charge in [-0.1, -0.05) is 6.92 Å². The van der Waals surface area contributed by atoms with Crippen LogP contribution in [0.1, 0.15) is 52.4 Å². The molecule has 0 aromatic carbocycles. The second kappa shape index (κ2) is 5.23. The van der Waals surface area contributed by atoms with Crippen molar-refractivity contribution >= 4 is 17.5 Å². The maximum absolute atomic E-state index is 12.1. The van der Waals surface area contributed by atoms with Crippen LogP contribution < -0.4 is 0 Å². The van der Waals surface area contributed by atoms with E-state index in [2.05, 4.69) is 4.98 Å². The molecule has 0 amide bonds. The standard InChI is InChI=1S/C15H19NO4/c1-7-5-11(7)15(19)20-6-12(18)14-8(2)13(10(4)17)9(3)16-14/h7,11,16H,5-6H2,1-4H3/t7-,11-/m0/s1. The minimum absolute atomic E-state index is 0.0537. The molecule has 1 saturated carbocycles. The number of hydrogen-bond acceptors (Lipinski definition) is 4. The number of aromatic nitrogens is 1. The highest BCUT2D eigenvalue weighted by molar-refractivity contribution is 6.04. The van der Waals surface area contributed by atoms with Crippen LogP contribution in [0.15, 0.2) is 0 Å². The van der Waals surface area contributed by atoms with E-state index in [1.54, 1.807) is 13.8 Å². The minimum Gasteiger partial charge on any atom is -0.457 e. The third-order valence-electron chi connectivity index (χ3n) is 3.83. The quantitative estimate of drug-likeness (QED) is 0.661. The van der Waals surface area contributed by atoms with Crippen molar-refractivity contribution in [2.45, 2.75) is 34.1 Å². The van der Waals surface area contributed by atoms with Crippen molar-refractivity contribution in [3.63, 3.8) is 0 Å². The number of aromatic amines is 1. The highest BCUT2D eigenvalue weighted by Gasteiger charge is 2.40. The molecule has 1 aromatic rings. The van der Waals surface area contributed by atoms with Gasteiger partial charge in [0.1, 0.15) is 0 Å². The molecule has 0 bridgehead atoms. The van der Waals surface area contributed by atoms with Gasteiger partial charge in [-0.15, -0.1) is 0 Å². The number of carbonyl (C=O) groups excluding carboxylic acids is 3. The summed E-state index contributed by atoms with van der Waals surface area (Å²) in [6, 6.07) is 0. The Hall–Kier alpha value is -1.91. The van der Waals surface area contributed by atoms with Crippen LogP contribution in [0.2, 0.25) is 0 Å². The van der Waals surface area contributed by atoms with Gasteiger partial charge in [-0.2, -0.15) is 0 Å². The van der Waals surface area contributed by atoms with E-state index in [0.717, 1.165) is 6.42 Å². The SMILES string of the molecule is CC(=O)c1c(C)[nH]c(C(=O)COC(=O)[C@H]2C[C@@H]2C)c1C. The van der Waals surface area contributed by atoms with Gasteiger partial charge in [0.15, 0.2) is 12.4 Å². The van der Waals surface area contributed by atoms with E-state index in [0.29, 0.717) is 28.4 Å². The molecule has 0 unspecified atom stereocenters. The largest absolute Gasteiger partial charge is 0.457 e. The van der Waals surface area contributed by atoms with Crippen LogP contribution in [-0.2, 0) is 9.53 Å². The van der Waals surface area contributed by atoms with Gasteiger partial charge in [-0.25, -0.2) is 0 Å². The first kappa shape index (κ1) is 14.5. The molecule has 108 valence electrons. The fourth-order valence-corrected chi connectivity index (χ4v) is 2.52. The van der Waals surface area contributed by atoms with Crippen LogP contribution in [0.3, 0.4) is 0 Å². The Kier molecular flexibility index (Phi) is 3.79. The van der Waals surface area contributed by atoms with Crippen LogP contribution in [0.4, 0.5) is 0 Å². The molecule has 1 aliphatic rings. The fraction of sp³-hybridized carbons (Fsp3) is 0.533. The summed E-state index contributed by atoms with van der Waals surface area (Å²) >= 11 is 0. The molecule has 0 aliphatic heterocycles. The predicted molar refractivity (Wildman–Crippen MR) is 72.8 cm³/mol. The first-order chi connectivity index (χ1) is 9.32.